The van der Waals surface area contributed by atoms with Gasteiger partial charge in [0, 0.05) is 0 Å². The smallest absolute Gasteiger partial charge is 0.427 e. The first-order valence-electron chi connectivity index (χ1n) is 6.12. The number of para-hydroxylation sites is 1. The Labute approximate surface area is 120 Å². The molecule has 4 nitrogen and oxygen atoms in total. The quantitative estimate of drug-likeness (QED) is 0.733. The molecule has 2 aromatic rings. The lowest BCUT2D eigenvalue weighted by Crippen LogP contribution is -2.18. The van der Waals surface area contributed by atoms with E-state index in [-0.39, 0.29) is 4.84 Å². The monoisotopic (exact) mass is 285 g/mol. The Morgan fingerprint density at radius 2 is 1.95 bits per heavy atom. The second-order valence-electron chi connectivity index (χ2n) is 4.17. The van der Waals surface area contributed by atoms with Gasteiger partial charge in [-0.3, -0.25) is 0 Å². The van der Waals surface area contributed by atoms with Gasteiger partial charge in [0.1, 0.15) is 5.75 Å². The highest BCUT2D eigenvalue weighted by molar-refractivity contribution is 7.71. The van der Waals surface area contributed by atoms with Crippen molar-refractivity contribution in [1.82, 2.24) is 4.57 Å². The van der Waals surface area contributed by atoms with Gasteiger partial charge < -0.3 is 9.15 Å². The highest BCUT2D eigenvalue weighted by atomic mass is 32.1. The van der Waals surface area contributed by atoms with Gasteiger partial charge in [-0.25, -0.2) is 9.36 Å². The van der Waals surface area contributed by atoms with Gasteiger partial charge in [-0.1, -0.05) is 30.4 Å². The third kappa shape index (κ3) is 2.35. The van der Waals surface area contributed by atoms with Crippen molar-refractivity contribution in [3.63, 3.8) is 0 Å². The van der Waals surface area contributed by atoms with Crippen molar-refractivity contribution in [3.05, 3.63) is 58.8 Å². The molecule has 0 unspecified atom stereocenters. The van der Waals surface area contributed by atoms with E-state index in [0.29, 0.717) is 17.2 Å². The number of aromatic nitrogens is 1. The van der Waals surface area contributed by atoms with Crippen molar-refractivity contribution in [2.45, 2.75) is 6.42 Å². The SMILES string of the molecule is O=C(Oc1ccccc1)n1c2c(oc1=S)C=CCC=C2. The van der Waals surface area contributed by atoms with E-state index in [0.717, 1.165) is 6.42 Å². The van der Waals surface area contributed by atoms with E-state index in [9.17, 15) is 4.79 Å². The van der Waals surface area contributed by atoms with Crippen molar-refractivity contribution in [3.8, 4) is 5.75 Å². The zero-order valence-electron chi connectivity index (χ0n) is 10.5. The Hall–Kier alpha value is -2.40. The second-order valence-corrected chi connectivity index (χ2v) is 4.52. The first-order chi connectivity index (χ1) is 9.75. The molecule has 0 bridgehead atoms. The van der Waals surface area contributed by atoms with E-state index >= 15 is 0 Å². The highest BCUT2D eigenvalue weighted by Crippen LogP contribution is 2.21. The van der Waals surface area contributed by atoms with Crippen LogP contribution in [0.25, 0.3) is 12.2 Å². The van der Waals surface area contributed by atoms with Crippen LogP contribution in [0.15, 0.2) is 46.9 Å². The Morgan fingerprint density at radius 3 is 2.75 bits per heavy atom. The molecule has 3 rings (SSSR count). The van der Waals surface area contributed by atoms with Gasteiger partial charge in [0.25, 0.3) is 4.84 Å². The van der Waals surface area contributed by atoms with Gasteiger partial charge in [-0.2, -0.15) is 0 Å². The summed E-state index contributed by atoms with van der Waals surface area (Å²) in [5, 5.41) is 0. The van der Waals surface area contributed by atoms with Gasteiger partial charge in [0.15, 0.2) is 5.76 Å². The molecule has 0 saturated carbocycles. The maximum atomic E-state index is 12.2. The van der Waals surface area contributed by atoms with Crippen LogP contribution in [0, 0.1) is 4.84 Å². The number of nitrogens with zero attached hydrogens (tertiary/aromatic N) is 1. The predicted octanol–water partition coefficient (Wildman–Crippen LogP) is 4.29. The Balaban J connectivity index is 1.99. The molecule has 0 N–H and O–H groups in total. The molecule has 0 spiro atoms. The van der Waals surface area contributed by atoms with Crippen LogP contribution in [0.4, 0.5) is 4.79 Å². The molecule has 1 heterocycles. The summed E-state index contributed by atoms with van der Waals surface area (Å²) in [5.74, 6) is 1.02. The molecule has 1 aliphatic rings. The Kier molecular flexibility index (Phi) is 3.35. The van der Waals surface area contributed by atoms with Crippen molar-refractivity contribution in [2.24, 2.45) is 0 Å². The second kappa shape index (κ2) is 5.30. The minimum Gasteiger partial charge on any atom is -0.429 e. The van der Waals surface area contributed by atoms with Crippen LogP contribution < -0.4 is 4.74 Å². The van der Waals surface area contributed by atoms with Crippen LogP contribution in [0.5, 0.6) is 5.75 Å². The van der Waals surface area contributed by atoms with Crippen LogP contribution >= 0.6 is 12.2 Å². The Bertz CT molecular complexity index is 753. The zero-order valence-corrected chi connectivity index (χ0v) is 11.3. The number of hydrogen-bond donors (Lipinski definition) is 0. The number of fused-ring (bicyclic) bond motifs is 1. The summed E-state index contributed by atoms with van der Waals surface area (Å²) in [5.41, 5.74) is 0.602. The number of oxazole rings is 1. The van der Waals surface area contributed by atoms with Crippen LogP contribution in [0.1, 0.15) is 17.9 Å². The summed E-state index contributed by atoms with van der Waals surface area (Å²) in [7, 11) is 0. The van der Waals surface area contributed by atoms with E-state index in [2.05, 4.69) is 0 Å². The Morgan fingerprint density at radius 1 is 1.20 bits per heavy atom. The summed E-state index contributed by atoms with van der Waals surface area (Å²) in [4.78, 5) is 12.3. The average Bonchev–Trinajstić information content (AvgIpc) is 2.60. The van der Waals surface area contributed by atoms with Gasteiger partial charge in [-0.15, -0.1) is 0 Å². The summed E-state index contributed by atoms with van der Waals surface area (Å²) in [6, 6.07) is 8.84. The third-order valence-electron chi connectivity index (χ3n) is 2.82. The maximum absolute atomic E-state index is 12.2. The van der Waals surface area contributed by atoms with Gasteiger partial charge >= 0.3 is 6.09 Å². The lowest BCUT2D eigenvalue weighted by atomic mass is 10.3. The van der Waals surface area contributed by atoms with E-state index in [1.165, 1.54) is 4.57 Å². The largest absolute Gasteiger partial charge is 0.429 e. The van der Waals surface area contributed by atoms with Crippen molar-refractivity contribution in [2.75, 3.05) is 0 Å². The first kappa shape index (κ1) is 12.6. The molecule has 0 aliphatic heterocycles. The number of carbonyl (C=O) groups excluding carboxylic acids is 1. The van der Waals surface area contributed by atoms with Crippen LogP contribution in [0.3, 0.4) is 0 Å². The minimum atomic E-state index is -0.578. The molecule has 20 heavy (non-hydrogen) atoms. The molecule has 0 amide bonds. The van der Waals surface area contributed by atoms with E-state index in [1.54, 1.807) is 36.4 Å². The molecule has 1 aromatic heterocycles. The predicted molar refractivity (Wildman–Crippen MR) is 78.1 cm³/mol. The minimum absolute atomic E-state index is 0.0760. The van der Waals surface area contributed by atoms with E-state index < -0.39 is 6.09 Å². The molecule has 0 saturated heterocycles. The first-order valence-corrected chi connectivity index (χ1v) is 6.53. The number of ether oxygens (including phenoxy) is 1. The average molecular weight is 285 g/mol. The molecule has 0 radical (unpaired) electrons. The number of benzene rings is 1. The van der Waals surface area contributed by atoms with Crippen LogP contribution in [-0.2, 0) is 0 Å². The fourth-order valence-corrected chi connectivity index (χ4v) is 2.18. The topological polar surface area (TPSA) is 44.4 Å². The van der Waals surface area contributed by atoms with Crippen molar-refractivity contribution in [1.29, 1.82) is 0 Å². The van der Waals surface area contributed by atoms with Gasteiger partial charge in [0.05, 0.1) is 5.69 Å². The molecule has 0 atom stereocenters. The lowest BCUT2D eigenvalue weighted by Gasteiger charge is -2.05. The molecule has 100 valence electrons. The fourth-order valence-electron chi connectivity index (χ4n) is 1.92. The lowest BCUT2D eigenvalue weighted by molar-refractivity contribution is 0.200. The number of rotatable bonds is 1. The molecule has 1 aromatic carbocycles. The van der Waals surface area contributed by atoms with E-state index in [4.69, 9.17) is 21.4 Å². The highest BCUT2D eigenvalue weighted by Gasteiger charge is 2.19. The standard InChI is InChI=1S/C15H11NO3S/c17-14(18-11-7-3-1-4-8-11)16-12-9-5-2-6-10-13(12)19-15(16)20/h1,3-10H,2H2. The number of allylic oxidation sites excluding steroid dienone is 2. The fraction of sp³-hybridized carbons (Fsp3) is 0.0667. The normalized spacial score (nSPS) is 12.8. The van der Waals surface area contributed by atoms with E-state index in [1.807, 2.05) is 18.2 Å². The summed E-state index contributed by atoms with van der Waals surface area (Å²) in [6.45, 7) is 0. The van der Waals surface area contributed by atoms with Crippen LogP contribution in [-0.4, -0.2) is 10.7 Å². The van der Waals surface area contributed by atoms with Crippen LogP contribution in [0.2, 0.25) is 0 Å². The number of carbonyl (C=O) groups is 1. The zero-order chi connectivity index (χ0) is 13.9. The maximum Gasteiger partial charge on any atom is 0.427 e. The van der Waals surface area contributed by atoms with Crippen molar-refractivity contribution >= 4 is 30.5 Å². The summed E-state index contributed by atoms with van der Waals surface area (Å²) in [6.07, 6.45) is 7.68. The molecule has 5 heteroatoms. The third-order valence-corrected chi connectivity index (χ3v) is 3.09. The molecule has 1 aliphatic carbocycles. The van der Waals surface area contributed by atoms with Gasteiger partial charge in [-0.05, 0) is 42.9 Å². The molecule has 0 fully saturated rings. The molecular weight excluding hydrogens is 274 g/mol. The summed E-state index contributed by atoms with van der Waals surface area (Å²) >= 11 is 5.09. The summed E-state index contributed by atoms with van der Waals surface area (Å²) < 4.78 is 12.0. The molecular formula is C15H11NO3S. The van der Waals surface area contributed by atoms with Crippen molar-refractivity contribution < 1.29 is 13.9 Å². The number of hydrogen-bond acceptors (Lipinski definition) is 4. The van der Waals surface area contributed by atoms with Gasteiger partial charge in [0.2, 0.25) is 0 Å².